The molecule has 0 aromatic heterocycles. The van der Waals surface area contributed by atoms with Crippen molar-refractivity contribution in [2.75, 3.05) is 19.6 Å². The van der Waals surface area contributed by atoms with E-state index in [1.165, 1.54) is 12.8 Å². The van der Waals surface area contributed by atoms with Crippen molar-refractivity contribution in [3.63, 3.8) is 0 Å². The maximum atomic E-state index is 12.8. The molecule has 2 rings (SSSR count). The third-order valence-corrected chi connectivity index (χ3v) is 4.69. The van der Waals surface area contributed by atoms with Crippen molar-refractivity contribution in [1.29, 1.82) is 0 Å². The van der Waals surface area contributed by atoms with Crippen LogP contribution in [-0.2, 0) is 0 Å². The largest absolute Gasteiger partial charge is 0.310 e. The predicted octanol–water partition coefficient (Wildman–Crippen LogP) is 2.74. The lowest BCUT2D eigenvalue weighted by atomic mass is 9.81. The number of rotatable bonds is 3. The molecular formula is C14H26F2N2. The Hall–Kier alpha value is -0.220. The molecule has 18 heavy (non-hydrogen) atoms. The van der Waals surface area contributed by atoms with E-state index in [9.17, 15) is 8.78 Å². The Morgan fingerprint density at radius 1 is 1.33 bits per heavy atom. The van der Waals surface area contributed by atoms with Gasteiger partial charge in [-0.15, -0.1) is 0 Å². The third-order valence-electron chi connectivity index (χ3n) is 4.69. The molecule has 0 spiro atoms. The van der Waals surface area contributed by atoms with Gasteiger partial charge in [0.1, 0.15) is 0 Å². The fourth-order valence-electron chi connectivity index (χ4n) is 3.07. The molecule has 2 nitrogen and oxygen atoms in total. The first-order valence-electron chi connectivity index (χ1n) is 7.00. The fraction of sp³-hybridized carbons (Fsp3) is 1.00. The molecule has 2 atom stereocenters. The summed E-state index contributed by atoms with van der Waals surface area (Å²) in [6.45, 7) is 10.2. The number of nitrogens with zero attached hydrogens (tertiary/aromatic N) is 1. The first-order chi connectivity index (χ1) is 8.23. The number of halogens is 2. The van der Waals surface area contributed by atoms with Gasteiger partial charge in [0.05, 0.1) is 6.54 Å². The van der Waals surface area contributed by atoms with E-state index in [1.807, 2.05) is 4.90 Å². The summed E-state index contributed by atoms with van der Waals surface area (Å²) in [4.78, 5) is 2.04. The monoisotopic (exact) mass is 260 g/mol. The fourth-order valence-corrected chi connectivity index (χ4v) is 3.07. The van der Waals surface area contributed by atoms with Crippen LogP contribution in [0.2, 0.25) is 0 Å². The zero-order valence-corrected chi connectivity index (χ0v) is 12.0. The van der Waals surface area contributed by atoms with Crippen LogP contribution in [0.4, 0.5) is 8.78 Å². The standard InChI is InChI=1S/C14H26F2N2/c1-13(2,3)11-7-18(8-12(15)16)14(4,9-17-11)10-5-6-10/h10-12,17H,5-9H2,1-4H3. The molecule has 1 aliphatic carbocycles. The summed E-state index contributed by atoms with van der Waals surface area (Å²) in [5, 5.41) is 3.59. The molecule has 2 unspecified atom stereocenters. The van der Waals surface area contributed by atoms with Crippen molar-refractivity contribution in [2.45, 2.75) is 58.5 Å². The zero-order chi connectivity index (χ0) is 13.6. The van der Waals surface area contributed by atoms with Gasteiger partial charge in [-0.2, -0.15) is 0 Å². The van der Waals surface area contributed by atoms with Gasteiger partial charge in [0.15, 0.2) is 0 Å². The number of piperazine rings is 1. The highest BCUT2D eigenvalue weighted by Crippen LogP contribution is 2.45. The lowest BCUT2D eigenvalue weighted by Crippen LogP contribution is -2.67. The Morgan fingerprint density at radius 3 is 2.39 bits per heavy atom. The van der Waals surface area contributed by atoms with Crippen molar-refractivity contribution in [3.05, 3.63) is 0 Å². The van der Waals surface area contributed by atoms with Crippen molar-refractivity contribution < 1.29 is 8.78 Å². The van der Waals surface area contributed by atoms with E-state index in [4.69, 9.17) is 0 Å². The Bertz CT molecular complexity index is 297. The average molecular weight is 260 g/mol. The number of nitrogens with one attached hydrogen (secondary N) is 1. The maximum absolute atomic E-state index is 12.8. The molecule has 1 saturated heterocycles. The van der Waals surface area contributed by atoms with Crippen molar-refractivity contribution in [2.24, 2.45) is 11.3 Å². The summed E-state index contributed by atoms with van der Waals surface area (Å²) in [7, 11) is 0. The molecular weight excluding hydrogens is 234 g/mol. The van der Waals surface area contributed by atoms with E-state index >= 15 is 0 Å². The third kappa shape index (κ3) is 2.85. The summed E-state index contributed by atoms with van der Waals surface area (Å²) in [6.07, 6.45) is 0.151. The van der Waals surface area contributed by atoms with Gasteiger partial charge in [0, 0.05) is 24.7 Å². The minimum absolute atomic E-state index is 0.0712. The van der Waals surface area contributed by atoms with E-state index in [0.29, 0.717) is 12.0 Å². The Morgan fingerprint density at radius 2 is 1.94 bits per heavy atom. The van der Waals surface area contributed by atoms with Gasteiger partial charge in [0.25, 0.3) is 6.43 Å². The molecule has 4 heteroatoms. The second-order valence-corrected chi connectivity index (χ2v) is 7.23. The summed E-state index contributed by atoms with van der Waals surface area (Å²) in [6, 6.07) is 0.295. The summed E-state index contributed by atoms with van der Waals surface area (Å²) in [5.41, 5.74) is 0.0451. The normalized spacial score (nSPS) is 35.2. The smallest absolute Gasteiger partial charge is 0.251 e. The Labute approximate surface area is 109 Å². The Balaban J connectivity index is 2.10. The van der Waals surface area contributed by atoms with E-state index in [0.717, 1.165) is 13.1 Å². The van der Waals surface area contributed by atoms with Crippen molar-refractivity contribution >= 4 is 0 Å². The van der Waals surface area contributed by atoms with Gasteiger partial charge in [0.2, 0.25) is 0 Å². The molecule has 106 valence electrons. The van der Waals surface area contributed by atoms with E-state index in [-0.39, 0.29) is 17.5 Å². The quantitative estimate of drug-likeness (QED) is 0.839. The van der Waals surface area contributed by atoms with Crippen LogP contribution in [0.3, 0.4) is 0 Å². The van der Waals surface area contributed by atoms with Gasteiger partial charge in [-0.3, -0.25) is 4.90 Å². The van der Waals surface area contributed by atoms with E-state index in [1.54, 1.807) is 0 Å². The maximum Gasteiger partial charge on any atom is 0.251 e. The average Bonchev–Trinajstić information content (AvgIpc) is 3.02. The molecule has 0 bridgehead atoms. The molecule has 2 fully saturated rings. The summed E-state index contributed by atoms with van der Waals surface area (Å²) >= 11 is 0. The van der Waals surface area contributed by atoms with Crippen LogP contribution in [-0.4, -0.2) is 42.5 Å². The first kappa shape index (κ1) is 14.2. The van der Waals surface area contributed by atoms with Gasteiger partial charge in [-0.25, -0.2) is 8.78 Å². The van der Waals surface area contributed by atoms with Crippen LogP contribution in [0, 0.1) is 11.3 Å². The highest BCUT2D eigenvalue weighted by Gasteiger charge is 2.50. The molecule has 1 N–H and O–H groups in total. The van der Waals surface area contributed by atoms with Gasteiger partial charge in [-0.05, 0) is 31.1 Å². The topological polar surface area (TPSA) is 15.3 Å². The van der Waals surface area contributed by atoms with E-state index in [2.05, 4.69) is 33.0 Å². The highest BCUT2D eigenvalue weighted by atomic mass is 19.3. The SMILES string of the molecule is CC(C)(C)C1CN(CC(F)F)C(C)(C2CC2)CN1. The zero-order valence-electron chi connectivity index (χ0n) is 12.0. The lowest BCUT2D eigenvalue weighted by molar-refractivity contribution is -0.0275. The van der Waals surface area contributed by atoms with Gasteiger partial charge in [-0.1, -0.05) is 20.8 Å². The molecule has 0 aromatic rings. The lowest BCUT2D eigenvalue weighted by Gasteiger charge is -2.51. The Kier molecular flexibility index (Phi) is 3.72. The van der Waals surface area contributed by atoms with Crippen molar-refractivity contribution in [3.8, 4) is 0 Å². The molecule has 1 saturated carbocycles. The minimum atomic E-state index is -2.23. The van der Waals surface area contributed by atoms with Gasteiger partial charge < -0.3 is 5.32 Å². The molecule has 1 heterocycles. The molecule has 0 aromatic carbocycles. The van der Waals surface area contributed by atoms with Crippen LogP contribution >= 0.6 is 0 Å². The highest BCUT2D eigenvalue weighted by molar-refractivity contribution is 5.06. The van der Waals surface area contributed by atoms with Crippen LogP contribution in [0.5, 0.6) is 0 Å². The second kappa shape index (κ2) is 4.71. The van der Waals surface area contributed by atoms with Crippen LogP contribution in [0.25, 0.3) is 0 Å². The minimum Gasteiger partial charge on any atom is -0.310 e. The number of hydrogen-bond donors (Lipinski definition) is 1. The number of alkyl halides is 2. The predicted molar refractivity (Wildman–Crippen MR) is 70.0 cm³/mol. The van der Waals surface area contributed by atoms with Crippen LogP contribution < -0.4 is 5.32 Å². The summed E-state index contributed by atoms with van der Waals surface area (Å²) in [5.74, 6) is 0.602. The first-order valence-corrected chi connectivity index (χ1v) is 7.00. The van der Waals surface area contributed by atoms with Crippen molar-refractivity contribution in [1.82, 2.24) is 10.2 Å². The molecule has 0 amide bonds. The number of hydrogen-bond acceptors (Lipinski definition) is 2. The van der Waals surface area contributed by atoms with Crippen LogP contribution in [0.1, 0.15) is 40.5 Å². The summed E-state index contributed by atoms with van der Waals surface area (Å²) < 4.78 is 25.6. The molecule has 0 radical (unpaired) electrons. The van der Waals surface area contributed by atoms with Crippen LogP contribution in [0.15, 0.2) is 0 Å². The second-order valence-electron chi connectivity index (χ2n) is 7.23. The van der Waals surface area contributed by atoms with E-state index < -0.39 is 6.43 Å². The molecule has 2 aliphatic rings. The molecule has 1 aliphatic heterocycles. The van der Waals surface area contributed by atoms with Gasteiger partial charge >= 0.3 is 0 Å².